The first-order valence-electron chi connectivity index (χ1n) is 8.56. The van der Waals surface area contributed by atoms with E-state index in [2.05, 4.69) is 11.6 Å². The van der Waals surface area contributed by atoms with E-state index < -0.39 is 10.2 Å². The standard InChI is InChI=1S/C15H31N3O2S/c1-2-5-13-7-9-14(10-8-13)17-21(19,20)18-11-4-3-6-15(18)12-16/h13-15,17H,2-12,16H2,1H3. The van der Waals surface area contributed by atoms with Crippen LogP contribution in [-0.4, -0.2) is 37.9 Å². The van der Waals surface area contributed by atoms with E-state index in [9.17, 15) is 8.42 Å². The van der Waals surface area contributed by atoms with Crippen molar-refractivity contribution in [2.45, 2.75) is 76.8 Å². The molecule has 1 unspecified atom stereocenters. The van der Waals surface area contributed by atoms with Gasteiger partial charge in [0, 0.05) is 25.2 Å². The summed E-state index contributed by atoms with van der Waals surface area (Å²) in [5, 5.41) is 0. The second-order valence-electron chi connectivity index (χ2n) is 6.63. The molecule has 1 aliphatic heterocycles. The van der Waals surface area contributed by atoms with Crippen molar-refractivity contribution in [3.05, 3.63) is 0 Å². The van der Waals surface area contributed by atoms with Crippen LogP contribution >= 0.6 is 0 Å². The molecule has 0 amide bonds. The Labute approximate surface area is 129 Å². The molecule has 0 aromatic rings. The van der Waals surface area contributed by atoms with Gasteiger partial charge in [0.25, 0.3) is 10.2 Å². The molecule has 2 fully saturated rings. The number of nitrogens with zero attached hydrogens (tertiary/aromatic N) is 1. The van der Waals surface area contributed by atoms with E-state index in [1.807, 2.05) is 0 Å². The van der Waals surface area contributed by atoms with Crippen LogP contribution in [0, 0.1) is 5.92 Å². The van der Waals surface area contributed by atoms with Gasteiger partial charge in [-0.3, -0.25) is 0 Å². The lowest BCUT2D eigenvalue weighted by Gasteiger charge is -2.36. The van der Waals surface area contributed by atoms with E-state index >= 15 is 0 Å². The number of hydrogen-bond acceptors (Lipinski definition) is 3. The zero-order valence-electron chi connectivity index (χ0n) is 13.3. The second-order valence-corrected chi connectivity index (χ2v) is 8.28. The average Bonchev–Trinajstić information content (AvgIpc) is 2.49. The minimum atomic E-state index is -3.37. The Bertz CT molecular complexity index is 405. The van der Waals surface area contributed by atoms with Crippen LogP contribution in [0.25, 0.3) is 0 Å². The van der Waals surface area contributed by atoms with Gasteiger partial charge in [0.1, 0.15) is 0 Å². The highest BCUT2D eigenvalue weighted by atomic mass is 32.2. The van der Waals surface area contributed by atoms with Crippen LogP contribution in [0.5, 0.6) is 0 Å². The van der Waals surface area contributed by atoms with Crippen LogP contribution in [0.3, 0.4) is 0 Å². The lowest BCUT2D eigenvalue weighted by Crippen LogP contribution is -2.54. The summed E-state index contributed by atoms with van der Waals surface area (Å²) in [6, 6.07) is 0.0936. The number of piperidine rings is 1. The van der Waals surface area contributed by atoms with Crippen LogP contribution in [-0.2, 0) is 10.2 Å². The van der Waals surface area contributed by atoms with Crippen molar-refractivity contribution in [2.24, 2.45) is 11.7 Å². The fraction of sp³-hybridized carbons (Fsp3) is 1.00. The molecular weight excluding hydrogens is 286 g/mol. The van der Waals surface area contributed by atoms with Crippen LogP contribution in [0.1, 0.15) is 64.7 Å². The summed E-state index contributed by atoms with van der Waals surface area (Å²) in [5.41, 5.74) is 5.74. The van der Waals surface area contributed by atoms with Crippen LogP contribution in [0.15, 0.2) is 0 Å². The average molecular weight is 317 g/mol. The highest BCUT2D eigenvalue weighted by molar-refractivity contribution is 7.87. The van der Waals surface area contributed by atoms with E-state index in [1.54, 1.807) is 4.31 Å². The van der Waals surface area contributed by atoms with Gasteiger partial charge in [0.2, 0.25) is 0 Å². The van der Waals surface area contributed by atoms with Crippen molar-refractivity contribution >= 4 is 10.2 Å². The third kappa shape index (κ3) is 4.65. The Kier molecular flexibility index (Phi) is 6.47. The van der Waals surface area contributed by atoms with E-state index in [0.717, 1.165) is 50.9 Å². The first-order valence-corrected chi connectivity index (χ1v) is 10.00. The van der Waals surface area contributed by atoms with Crippen LogP contribution < -0.4 is 10.5 Å². The van der Waals surface area contributed by atoms with Gasteiger partial charge >= 0.3 is 0 Å². The first-order chi connectivity index (χ1) is 10.1. The summed E-state index contributed by atoms with van der Waals surface area (Å²) < 4.78 is 29.7. The molecule has 0 bridgehead atoms. The summed E-state index contributed by atoms with van der Waals surface area (Å²) in [5.74, 6) is 0.794. The van der Waals surface area contributed by atoms with Crippen molar-refractivity contribution in [2.75, 3.05) is 13.1 Å². The molecule has 0 spiro atoms. The summed E-state index contributed by atoms with van der Waals surface area (Å²) in [6.07, 6.45) is 9.68. The molecule has 1 saturated carbocycles. The fourth-order valence-corrected chi connectivity index (χ4v) is 5.53. The van der Waals surface area contributed by atoms with Gasteiger partial charge in [0.15, 0.2) is 0 Å². The Morgan fingerprint density at radius 2 is 1.86 bits per heavy atom. The molecule has 6 heteroatoms. The number of hydrogen-bond donors (Lipinski definition) is 2. The van der Waals surface area contributed by atoms with E-state index in [1.165, 1.54) is 12.8 Å². The van der Waals surface area contributed by atoms with Crippen molar-refractivity contribution in [1.29, 1.82) is 0 Å². The smallest absolute Gasteiger partial charge is 0.279 e. The molecule has 0 radical (unpaired) electrons. The maximum atomic E-state index is 12.6. The largest absolute Gasteiger partial charge is 0.329 e. The second kappa shape index (κ2) is 7.90. The van der Waals surface area contributed by atoms with Crippen molar-refractivity contribution in [3.63, 3.8) is 0 Å². The highest BCUT2D eigenvalue weighted by Gasteiger charge is 2.33. The molecule has 2 aliphatic rings. The van der Waals surface area contributed by atoms with Crippen LogP contribution in [0.2, 0.25) is 0 Å². The Hall–Kier alpha value is -0.170. The predicted octanol–water partition coefficient (Wildman–Crippen LogP) is 1.99. The molecule has 1 saturated heterocycles. The first kappa shape index (κ1) is 17.2. The van der Waals surface area contributed by atoms with Crippen molar-refractivity contribution < 1.29 is 8.42 Å². The van der Waals surface area contributed by atoms with Gasteiger partial charge in [-0.25, -0.2) is 0 Å². The third-order valence-corrected chi connectivity index (χ3v) is 6.74. The zero-order chi connectivity index (χ0) is 15.3. The Morgan fingerprint density at radius 1 is 1.14 bits per heavy atom. The van der Waals surface area contributed by atoms with Gasteiger partial charge in [0.05, 0.1) is 0 Å². The maximum Gasteiger partial charge on any atom is 0.279 e. The number of rotatable bonds is 6. The summed E-state index contributed by atoms with van der Waals surface area (Å²) >= 11 is 0. The molecule has 124 valence electrons. The summed E-state index contributed by atoms with van der Waals surface area (Å²) in [7, 11) is -3.37. The number of nitrogens with one attached hydrogen (secondary N) is 1. The van der Waals surface area contributed by atoms with Gasteiger partial charge in [-0.15, -0.1) is 0 Å². The minimum Gasteiger partial charge on any atom is -0.329 e. The van der Waals surface area contributed by atoms with Crippen molar-refractivity contribution in [1.82, 2.24) is 9.03 Å². The quantitative estimate of drug-likeness (QED) is 0.786. The zero-order valence-corrected chi connectivity index (χ0v) is 14.1. The SMILES string of the molecule is CCCC1CCC(NS(=O)(=O)N2CCCCC2CN)CC1. The van der Waals surface area contributed by atoms with Gasteiger partial charge in [-0.05, 0) is 44.4 Å². The maximum absolute atomic E-state index is 12.6. The summed E-state index contributed by atoms with van der Waals surface area (Å²) in [6.45, 7) is 3.25. The molecule has 1 heterocycles. The Balaban J connectivity index is 1.89. The summed E-state index contributed by atoms with van der Waals surface area (Å²) in [4.78, 5) is 0. The van der Waals surface area contributed by atoms with Gasteiger partial charge in [-0.2, -0.15) is 17.4 Å². The highest BCUT2D eigenvalue weighted by Crippen LogP contribution is 2.28. The molecule has 1 aliphatic carbocycles. The van der Waals surface area contributed by atoms with Crippen molar-refractivity contribution in [3.8, 4) is 0 Å². The molecule has 0 aromatic carbocycles. The molecule has 3 N–H and O–H groups in total. The molecule has 0 aromatic heterocycles. The molecule has 2 rings (SSSR count). The topological polar surface area (TPSA) is 75.4 Å². The minimum absolute atomic E-state index is 0.0207. The molecule has 1 atom stereocenters. The van der Waals surface area contributed by atoms with Gasteiger partial charge < -0.3 is 5.73 Å². The third-order valence-electron chi connectivity index (χ3n) is 5.01. The molecular formula is C15H31N3O2S. The van der Waals surface area contributed by atoms with Crippen LogP contribution in [0.4, 0.5) is 0 Å². The van der Waals surface area contributed by atoms with E-state index in [4.69, 9.17) is 5.73 Å². The predicted molar refractivity (Wildman–Crippen MR) is 86.1 cm³/mol. The monoisotopic (exact) mass is 317 g/mol. The van der Waals surface area contributed by atoms with E-state index in [0.29, 0.717) is 13.1 Å². The van der Waals surface area contributed by atoms with Gasteiger partial charge in [-0.1, -0.05) is 26.2 Å². The fourth-order valence-electron chi connectivity index (χ4n) is 3.78. The lowest BCUT2D eigenvalue weighted by atomic mass is 9.84. The normalized spacial score (nSPS) is 32.2. The Morgan fingerprint density at radius 3 is 2.48 bits per heavy atom. The lowest BCUT2D eigenvalue weighted by molar-refractivity contribution is 0.246. The number of nitrogens with two attached hydrogens (primary N) is 1. The molecule has 21 heavy (non-hydrogen) atoms. The molecule has 5 nitrogen and oxygen atoms in total. The van der Waals surface area contributed by atoms with E-state index in [-0.39, 0.29) is 12.1 Å².